The van der Waals surface area contributed by atoms with E-state index in [1.165, 1.54) is 6.07 Å². The van der Waals surface area contributed by atoms with Crippen molar-refractivity contribution < 1.29 is 10.5 Å². The maximum absolute atomic E-state index is 14.1. The van der Waals surface area contributed by atoms with E-state index in [-0.39, 0.29) is 12.4 Å². The van der Waals surface area contributed by atoms with Gasteiger partial charge in [0.1, 0.15) is 5.82 Å². The highest BCUT2D eigenvalue weighted by Crippen LogP contribution is 2.27. The largest absolute Gasteiger partial charge is 0.369 e. The van der Waals surface area contributed by atoms with Crippen molar-refractivity contribution in [1.82, 2.24) is 19.9 Å². The zero-order valence-corrected chi connectivity index (χ0v) is 19.0. The molecule has 172 valence electrons. The summed E-state index contributed by atoms with van der Waals surface area (Å²) in [6.07, 6.45) is 7.30. The Kier molecular flexibility index (Phi) is 5.07. The van der Waals surface area contributed by atoms with E-state index in [1.807, 2.05) is 67.6 Å². The molecule has 0 fully saturated rings. The third-order valence-corrected chi connectivity index (χ3v) is 5.97. The molecule has 5 nitrogen and oxygen atoms in total. The lowest BCUT2D eigenvalue weighted by Crippen LogP contribution is -2.01. The van der Waals surface area contributed by atoms with Crippen molar-refractivity contribution in [3.8, 4) is 0 Å². The lowest BCUT2D eigenvalue weighted by atomic mass is 10.1. The number of ether oxygens (including phenoxy) is 1. The zero-order chi connectivity index (χ0) is 24.6. The lowest BCUT2D eigenvalue weighted by molar-refractivity contribution is 0.0519. The van der Waals surface area contributed by atoms with Crippen LogP contribution in [-0.2, 0) is 11.3 Å². The van der Waals surface area contributed by atoms with E-state index in [1.54, 1.807) is 18.2 Å². The maximum Gasteiger partial charge on any atom is 0.128 e. The number of rotatable bonds is 4. The molecule has 0 spiro atoms. The van der Waals surface area contributed by atoms with E-state index in [4.69, 9.17) is 11.1 Å². The number of hydrogen-bond acceptors (Lipinski definition) is 3. The summed E-state index contributed by atoms with van der Waals surface area (Å²) in [7, 11) is 0. The molecule has 8 bridgehead atoms. The first-order chi connectivity index (χ1) is 17.5. The first-order valence-corrected chi connectivity index (χ1v) is 11.4. The highest BCUT2D eigenvalue weighted by Gasteiger charge is 2.13. The minimum absolute atomic E-state index is 0.103. The van der Waals surface area contributed by atoms with Crippen LogP contribution in [0.4, 0.5) is 4.39 Å². The molecule has 1 aromatic carbocycles. The van der Waals surface area contributed by atoms with Crippen LogP contribution in [-0.4, -0.2) is 19.9 Å². The molecule has 2 aliphatic heterocycles. The van der Waals surface area contributed by atoms with Crippen LogP contribution in [0.1, 0.15) is 48.3 Å². The number of fused-ring (bicyclic) bond motifs is 8. The van der Waals surface area contributed by atoms with Gasteiger partial charge in [0.2, 0.25) is 0 Å². The number of halogens is 1. The Morgan fingerprint density at radius 3 is 2.09 bits per heavy atom. The van der Waals surface area contributed by atoms with Crippen molar-refractivity contribution in [1.29, 1.82) is 0 Å². The van der Waals surface area contributed by atoms with Gasteiger partial charge in [0.05, 0.1) is 36.9 Å². The van der Waals surface area contributed by atoms with Crippen LogP contribution in [0.2, 0.25) is 0 Å². The number of benzene rings is 1. The number of nitrogens with one attached hydrogen (secondary N) is 2. The monoisotopic (exact) mass is 463 g/mol. The molecule has 1 atom stereocenters. The molecule has 0 amide bonds. The molecule has 0 aliphatic carbocycles. The van der Waals surface area contributed by atoms with Crippen molar-refractivity contribution in [3.63, 3.8) is 0 Å². The van der Waals surface area contributed by atoms with Crippen molar-refractivity contribution in [2.24, 2.45) is 0 Å². The lowest BCUT2D eigenvalue weighted by Gasteiger charge is -2.13. The zero-order valence-electron chi connectivity index (χ0n) is 20.0. The Hall–Kier alpha value is -4.29. The van der Waals surface area contributed by atoms with Gasteiger partial charge >= 0.3 is 0 Å². The Labute approximate surface area is 203 Å². The maximum atomic E-state index is 14.1. The molecule has 6 rings (SSSR count). The molecule has 4 aromatic rings. The van der Waals surface area contributed by atoms with E-state index < -0.39 is 6.10 Å². The number of nitrogens with zero attached hydrogens (tertiary/aromatic N) is 2. The van der Waals surface area contributed by atoms with E-state index in [9.17, 15) is 4.39 Å². The van der Waals surface area contributed by atoms with Crippen molar-refractivity contribution in [2.75, 3.05) is 0 Å². The Morgan fingerprint density at radius 1 is 0.829 bits per heavy atom. The first-order valence-electron chi connectivity index (χ1n) is 11.9. The second kappa shape index (κ2) is 8.81. The summed E-state index contributed by atoms with van der Waals surface area (Å²) in [5.41, 5.74) is 7.55. The second-order valence-corrected chi connectivity index (χ2v) is 8.57. The predicted octanol–water partition coefficient (Wildman–Crippen LogP) is 7.07. The second-order valence-electron chi connectivity index (χ2n) is 8.57. The van der Waals surface area contributed by atoms with Gasteiger partial charge in [0, 0.05) is 33.2 Å². The van der Waals surface area contributed by atoms with Gasteiger partial charge in [-0.2, -0.15) is 0 Å². The van der Waals surface area contributed by atoms with E-state index in [0.29, 0.717) is 22.7 Å². The smallest absolute Gasteiger partial charge is 0.128 e. The standard InChI is InChI=1S/C29H23FN4O/c1-18(35-17-19-4-2-3-5-28(19)30)27-15-26-14-24-9-8-22(32-24)12-20-6-7-21(31-20)13-23-10-11-25(33-23)16-29(27)34-26/h2-16,18,31,34H,17H2,1H3/i15D. The number of H-pyrrole nitrogens is 2. The van der Waals surface area contributed by atoms with Crippen LogP contribution in [0.15, 0.2) is 66.7 Å². The highest BCUT2D eigenvalue weighted by molar-refractivity contribution is 5.78. The number of aromatic nitrogens is 4. The third-order valence-electron chi connectivity index (χ3n) is 5.97. The summed E-state index contributed by atoms with van der Waals surface area (Å²) in [6, 6.07) is 18.6. The molecule has 0 saturated carbocycles. The molecular formula is C29H23FN4O. The van der Waals surface area contributed by atoms with Crippen LogP contribution in [0.25, 0.3) is 46.4 Å². The van der Waals surface area contributed by atoms with Gasteiger partial charge in [0.25, 0.3) is 0 Å². The topological polar surface area (TPSA) is 66.6 Å². The van der Waals surface area contributed by atoms with Gasteiger partial charge < -0.3 is 14.7 Å². The summed E-state index contributed by atoms with van der Waals surface area (Å²) in [5, 5.41) is 0. The average molecular weight is 464 g/mol. The van der Waals surface area contributed by atoms with Crippen LogP contribution in [0.5, 0.6) is 0 Å². The van der Waals surface area contributed by atoms with Crippen molar-refractivity contribution in [2.45, 2.75) is 19.6 Å². The molecule has 35 heavy (non-hydrogen) atoms. The van der Waals surface area contributed by atoms with Gasteiger partial charge in [-0.1, -0.05) is 18.2 Å². The molecule has 0 saturated heterocycles. The highest BCUT2D eigenvalue weighted by atomic mass is 19.1. The fourth-order valence-corrected chi connectivity index (χ4v) is 4.20. The summed E-state index contributed by atoms with van der Waals surface area (Å²) in [4.78, 5) is 16.1. The SMILES string of the molecule is [2H]c1c(C(C)OCc2ccccc2F)c2cc3nc(cc4ccc(cc5nc(cc1[nH]2)C=C5)[nH]4)C=C3. The van der Waals surface area contributed by atoms with Gasteiger partial charge in [-0.05, 0) is 79.7 Å². The van der Waals surface area contributed by atoms with Crippen molar-refractivity contribution in [3.05, 3.63) is 106 Å². The molecule has 2 aliphatic rings. The van der Waals surface area contributed by atoms with Gasteiger partial charge in [-0.25, -0.2) is 14.4 Å². The first kappa shape index (κ1) is 20.1. The van der Waals surface area contributed by atoms with Crippen LogP contribution in [0, 0.1) is 5.82 Å². The molecule has 1 unspecified atom stereocenters. The van der Waals surface area contributed by atoms with E-state index in [2.05, 4.69) is 15.0 Å². The Bertz CT molecular complexity index is 1700. The average Bonchev–Trinajstić information content (AvgIpc) is 3.64. The summed E-state index contributed by atoms with van der Waals surface area (Å²) < 4.78 is 29.1. The predicted molar refractivity (Wildman–Crippen MR) is 138 cm³/mol. The summed E-state index contributed by atoms with van der Waals surface area (Å²) >= 11 is 0. The Morgan fingerprint density at radius 2 is 1.43 bits per heavy atom. The van der Waals surface area contributed by atoms with Crippen LogP contribution < -0.4 is 0 Å². The van der Waals surface area contributed by atoms with Crippen LogP contribution >= 0.6 is 0 Å². The molecule has 3 aromatic heterocycles. The molecule has 5 heterocycles. The third kappa shape index (κ3) is 4.56. The Balaban J connectivity index is 1.51. The molecular weight excluding hydrogens is 439 g/mol. The molecule has 6 heteroatoms. The van der Waals surface area contributed by atoms with Crippen LogP contribution in [0.3, 0.4) is 0 Å². The minimum atomic E-state index is -0.460. The molecule has 2 N–H and O–H groups in total. The molecule has 0 radical (unpaired) electrons. The minimum Gasteiger partial charge on any atom is -0.369 e. The summed E-state index contributed by atoms with van der Waals surface area (Å²) in [6.45, 7) is 1.98. The fraction of sp³-hybridized carbons (Fsp3) is 0.103. The number of aromatic amines is 2. The summed E-state index contributed by atoms with van der Waals surface area (Å²) in [5.74, 6) is -0.309. The van der Waals surface area contributed by atoms with E-state index in [0.717, 1.165) is 39.3 Å². The number of hydrogen-bond donors (Lipinski definition) is 2. The fourth-order valence-electron chi connectivity index (χ4n) is 4.20. The van der Waals surface area contributed by atoms with Gasteiger partial charge in [-0.15, -0.1) is 0 Å². The normalized spacial score (nSPS) is 13.7. The van der Waals surface area contributed by atoms with Crippen molar-refractivity contribution >= 4 is 46.4 Å². The van der Waals surface area contributed by atoms with E-state index >= 15 is 0 Å². The van der Waals surface area contributed by atoms with Gasteiger partial charge in [0.15, 0.2) is 0 Å². The quantitative estimate of drug-likeness (QED) is 0.294. The van der Waals surface area contributed by atoms with Gasteiger partial charge in [-0.3, -0.25) is 0 Å².